The van der Waals surface area contributed by atoms with Gasteiger partial charge in [0.25, 0.3) is 0 Å². The lowest BCUT2D eigenvalue weighted by molar-refractivity contribution is -0.127. The fraction of sp³-hybridized carbons (Fsp3) is 0.462. The van der Waals surface area contributed by atoms with E-state index < -0.39 is 0 Å². The fourth-order valence-electron chi connectivity index (χ4n) is 2.11. The zero-order valence-corrected chi connectivity index (χ0v) is 9.86. The van der Waals surface area contributed by atoms with Crippen molar-refractivity contribution in [3.63, 3.8) is 0 Å². The van der Waals surface area contributed by atoms with E-state index in [1.54, 1.807) is 4.90 Å². The average Bonchev–Trinajstić information content (AvgIpc) is 2.62. The molecule has 86 valence electrons. The molecule has 1 aliphatic rings. The Hall–Kier alpha value is -1.51. The van der Waals surface area contributed by atoms with Gasteiger partial charge in [-0.25, -0.2) is 0 Å². The van der Waals surface area contributed by atoms with E-state index in [1.165, 1.54) is 5.56 Å². The van der Waals surface area contributed by atoms with Crippen LogP contribution in [0.1, 0.15) is 18.9 Å². The van der Waals surface area contributed by atoms with Gasteiger partial charge in [0.05, 0.1) is 0 Å². The molecule has 1 unspecified atom stereocenters. The van der Waals surface area contributed by atoms with Crippen LogP contribution in [-0.4, -0.2) is 30.4 Å². The summed E-state index contributed by atoms with van der Waals surface area (Å²) in [6, 6.07) is 8.14. The first-order valence-electron chi connectivity index (χ1n) is 5.81. The molecule has 1 heterocycles. The number of carbonyl (C=O) groups excluding carboxylic acids is 1. The standard InChI is InChI=1S/C13H18N2O/c1-3-10-6-4-5-7-11(10)14-12-8-9-15(2)13(12)16/h4-7,12,14H,3,8-9H2,1-2H3. The van der Waals surface area contributed by atoms with Gasteiger partial charge in [-0.15, -0.1) is 0 Å². The molecule has 1 saturated heterocycles. The number of likely N-dealkylation sites (N-methyl/N-ethyl adjacent to an activating group) is 1. The number of nitrogens with zero attached hydrogens (tertiary/aromatic N) is 1. The Balaban J connectivity index is 2.12. The van der Waals surface area contributed by atoms with Gasteiger partial charge in [0.2, 0.25) is 5.91 Å². The van der Waals surface area contributed by atoms with Crippen LogP contribution in [-0.2, 0) is 11.2 Å². The lowest BCUT2D eigenvalue weighted by atomic mass is 10.1. The summed E-state index contributed by atoms with van der Waals surface area (Å²) in [7, 11) is 1.86. The van der Waals surface area contributed by atoms with Crippen LogP contribution in [0, 0.1) is 0 Å². The van der Waals surface area contributed by atoms with Crippen molar-refractivity contribution in [1.82, 2.24) is 4.90 Å². The molecule has 3 heteroatoms. The van der Waals surface area contributed by atoms with E-state index in [9.17, 15) is 4.79 Å². The number of hydrogen-bond acceptors (Lipinski definition) is 2. The Labute approximate surface area is 96.5 Å². The Morgan fingerprint density at radius 1 is 1.44 bits per heavy atom. The third kappa shape index (κ3) is 2.03. The van der Waals surface area contributed by atoms with Gasteiger partial charge in [0.1, 0.15) is 6.04 Å². The summed E-state index contributed by atoms with van der Waals surface area (Å²) in [5.74, 6) is 0.200. The van der Waals surface area contributed by atoms with Crippen molar-refractivity contribution in [3.05, 3.63) is 29.8 Å². The first-order valence-corrected chi connectivity index (χ1v) is 5.81. The SMILES string of the molecule is CCc1ccccc1NC1CCN(C)C1=O. The quantitative estimate of drug-likeness (QED) is 0.840. The zero-order chi connectivity index (χ0) is 11.5. The Bertz CT molecular complexity index is 389. The molecule has 0 spiro atoms. The lowest BCUT2D eigenvalue weighted by Gasteiger charge is -2.16. The third-order valence-electron chi connectivity index (χ3n) is 3.16. The first-order chi connectivity index (χ1) is 7.72. The van der Waals surface area contributed by atoms with Crippen LogP contribution in [0.25, 0.3) is 0 Å². The molecule has 16 heavy (non-hydrogen) atoms. The van der Waals surface area contributed by atoms with Gasteiger partial charge in [-0.05, 0) is 24.5 Å². The normalized spacial score (nSPS) is 20.2. The monoisotopic (exact) mass is 218 g/mol. The second kappa shape index (κ2) is 4.56. The van der Waals surface area contributed by atoms with E-state index >= 15 is 0 Å². The molecule has 1 aromatic carbocycles. The molecule has 1 fully saturated rings. The summed E-state index contributed by atoms with van der Waals surface area (Å²) in [6.07, 6.45) is 1.88. The van der Waals surface area contributed by atoms with Crippen LogP contribution < -0.4 is 5.32 Å². The maximum absolute atomic E-state index is 11.8. The van der Waals surface area contributed by atoms with E-state index in [0.29, 0.717) is 0 Å². The van der Waals surface area contributed by atoms with Gasteiger partial charge in [0.15, 0.2) is 0 Å². The van der Waals surface area contributed by atoms with Crippen molar-refractivity contribution in [2.24, 2.45) is 0 Å². The maximum Gasteiger partial charge on any atom is 0.244 e. The van der Waals surface area contributed by atoms with Crippen molar-refractivity contribution in [2.75, 3.05) is 18.9 Å². The summed E-state index contributed by atoms with van der Waals surface area (Å²) < 4.78 is 0. The number of benzene rings is 1. The fourth-order valence-corrected chi connectivity index (χ4v) is 2.11. The van der Waals surface area contributed by atoms with E-state index in [0.717, 1.165) is 25.1 Å². The lowest BCUT2D eigenvalue weighted by Crippen LogP contribution is -2.31. The van der Waals surface area contributed by atoms with Gasteiger partial charge in [-0.3, -0.25) is 4.79 Å². The van der Waals surface area contributed by atoms with Crippen molar-refractivity contribution < 1.29 is 4.79 Å². The first kappa shape index (κ1) is 11.0. The number of hydrogen-bond donors (Lipinski definition) is 1. The number of nitrogens with one attached hydrogen (secondary N) is 1. The zero-order valence-electron chi connectivity index (χ0n) is 9.86. The number of rotatable bonds is 3. The molecule has 1 aromatic rings. The molecule has 1 aliphatic heterocycles. The highest BCUT2D eigenvalue weighted by atomic mass is 16.2. The molecule has 0 aromatic heterocycles. The van der Waals surface area contributed by atoms with Crippen LogP contribution in [0.15, 0.2) is 24.3 Å². The van der Waals surface area contributed by atoms with E-state index in [2.05, 4.69) is 18.3 Å². The number of likely N-dealkylation sites (tertiary alicyclic amines) is 1. The summed E-state index contributed by atoms with van der Waals surface area (Å²) in [4.78, 5) is 13.6. The molecule has 1 atom stereocenters. The summed E-state index contributed by atoms with van der Waals surface area (Å²) in [6.45, 7) is 2.98. The average molecular weight is 218 g/mol. The van der Waals surface area contributed by atoms with Crippen molar-refractivity contribution in [3.8, 4) is 0 Å². The topological polar surface area (TPSA) is 32.3 Å². The molecule has 0 bridgehead atoms. The van der Waals surface area contributed by atoms with Crippen molar-refractivity contribution in [2.45, 2.75) is 25.8 Å². The number of amides is 1. The predicted molar refractivity (Wildman–Crippen MR) is 65.5 cm³/mol. The minimum Gasteiger partial charge on any atom is -0.373 e. The number of carbonyl (C=O) groups is 1. The predicted octanol–water partition coefficient (Wildman–Crippen LogP) is 1.89. The van der Waals surface area contributed by atoms with Crippen LogP contribution in [0.4, 0.5) is 5.69 Å². The Kier molecular flexibility index (Phi) is 3.13. The summed E-state index contributed by atoms with van der Waals surface area (Å²) in [5.41, 5.74) is 2.36. The smallest absolute Gasteiger partial charge is 0.244 e. The second-order valence-electron chi connectivity index (χ2n) is 4.26. The minimum absolute atomic E-state index is 0.0438. The van der Waals surface area contributed by atoms with E-state index in [4.69, 9.17) is 0 Å². The Morgan fingerprint density at radius 2 is 2.19 bits per heavy atom. The van der Waals surface area contributed by atoms with Crippen molar-refractivity contribution in [1.29, 1.82) is 0 Å². The van der Waals surface area contributed by atoms with Crippen LogP contribution in [0.3, 0.4) is 0 Å². The molecule has 1 amide bonds. The number of para-hydroxylation sites is 1. The molecule has 0 saturated carbocycles. The summed E-state index contributed by atoms with van der Waals surface area (Å²) >= 11 is 0. The third-order valence-corrected chi connectivity index (χ3v) is 3.16. The molecule has 0 aliphatic carbocycles. The molecular formula is C13H18N2O. The van der Waals surface area contributed by atoms with Gasteiger partial charge in [-0.1, -0.05) is 25.1 Å². The number of anilines is 1. The highest BCUT2D eigenvalue weighted by Crippen LogP contribution is 2.20. The second-order valence-corrected chi connectivity index (χ2v) is 4.26. The Morgan fingerprint density at radius 3 is 2.81 bits per heavy atom. The van der Waals surface area contributed by atoms with Crippen molar-refractivity contribution >= 4 is 11.6 Å². The summed E-state index contributed by atoms with van der Waals surface area (Å²) in [5, 5.41) is 3.35. The van der Waals surface area contributed by atoms with Crippen LogP contribution in [0.2, 0.25) is 0 Å². The molecular weight excluding hydrogens is 200 g/mol. The highest BCUT2D eigenvalue weighted by molar-refractivity contribution is 5.86. The maximum atomic E-state index is 11.8. The van der Waals surface area contributed by atoms with E-state index in [1.807, 2.05) is 25.2 Å². The highest BCUT2D eigenvalue weighted by Gasteiger charge is 2.28. The van der Waals surface area contributed by atoms with Crippen LogP contribution >= 0.6 is 0 Å². The van der Waals surface area contributed by atoms with Gasteiger partial charge in [-0.2, -0.15) is 0 Å². The van der Waals surface area contributed by atoms with Gasteiger partial charge in [0, 0.05) is 19.3 Å². The van der Waals surface area contributed by atoms with E-state index in [-0.39, 0.29) is 11.9 Å². The minimum atomic E-state index is -0.0438. The number of aryl methyl sites for hydroxylation is 1. The van der Waals surface area contributed by atoms with Crippen LogP contribution in [0.5, 0.6) is 0 Å². The molecule has 2 rings (SSSR count). The molecule has 1 N–H and O–H groups in total. The largest absolute Gasteiger partial charge is 0.373 e. The van der Waals surface area contributed by atoms with Gasteiger partial charge >= 0.3 is 0 Å². The molecule has 0 radical (unpaired) electrons. The van der Waals surface area contributed by atoms with Gasteiger partial charge < -0.3 is 10.2 Å². The molecule has 3 nitrogen and oxygen atoms in total.